The molecule has 1 fully saturated rings. The first kappa shape index (κ1) is 21.6. The molecule has 0 bridgehead atoms. The van der Waals surface area contributed by atoms with E-state index in [-0.39, 0.29) is 6.54 Å². The topological polar surface area (TPSA) is 60.7 Å². The molecule has 0 spiro atoms. The van der Waals surface area contributed by atoms with E-state index in [0.717, 1.165) is 12.1 Å². The van der Waals surface area contributed by atoms with Gasteiger partial charge in [0, 0.05) is 25.7 Å². The number of aliphatic imine (C=N–C) groups is 1. The molecule has 1 saturated heterocycles. The van der Waals surface area contributed by atoms with Crippen LogP contribution < -0.4 is 5.32 Å². The molecule has 0 aliphatic carbocycles. The third-order valence-electron chi connectivity index (χ3n) is 4.78. The van der Waals surface area contributed by atoms with Crippen LogP contribution in [0.1, 0.15) is 28.4 Å². The van der Waals surface area contributed by atoms with E-state index >= 15 is 0 Å². The normalized spacial score (nSPS) is 17.5. The molecule has 0 saturated carbocycles. The molecule has 9 heteroatoms. The molecular weight excluding hydrogens is 400 g/mol. The largest absolute Gasteiger partial charge is 0.416 e. The van der Waals surface area contributed by atoms with Crippen LogP contribution in [0, 0.1) is 17.1 Å². The van der Waals surface area contributed by atoms with Gasteiger partial charge in [-0.1, -0.05) is 12.1 Å². The van der Waals surface area contributed by atoms with E-state index in [1.54, 1.807) is 13.1 Å². The molecule has 2 aromatic rings. The highest BCUT2D eigenvalue weighted by Gasteiger charge is 2.32. The average Bonchev–Trinajstić information content (AvgIpc) is 2.75. The zero-order valence-corrected chi connectivity index (χ0v) is 16.2. The van der Waals surface area contributed by atoms with Crippen molar-refractivity contribution in [3.63, 3.8) is 0 Å². The Morgan fingerprint density at radius 1 is 1.30 bits per heavy atom. The van der Waals surface area contributed by atoms with Gasteiger partial charge in [-0.05, 0) is 35.9 Å². The van der Waals surface area contributed by atoms with Gasteiger partial charge < -0.3 is 15.0 Å². The number of hydrogen-bond acceptors (Lipinski definition) is 3. The second-order valence-corrected chi connectivity index (χ2v) is 6.75. The monoisotopic (exact) mass is 420 g/mol. The van der Waals surface area contributed by atoms with Gasteiger partial charge in [-0.15, -0.1) is 0 Å². The minimum atomic E-state index is -4.43. The lowest BCUT2D eigenvalue weighted by Gasteiger charge is -2.35. The number of alkyl halides is 3. The highest BCUT2D eigenvalue weighted by Crippen LogP contribution is 2.32. The Hall–Kier alpha value is -3.12. The fourth-order valence-electron chi connectivity index (χ4n) is 3.24. The van der Waals surface area contributed by atoms with Crippen LogP contribution in [0.2, 0.25) is 0 Å². The summed E-state index contributed by atoms with van der Waals surface area (Å²) in [6.07, 6.45) is -4.98. The zero-order chi connectivity index (χ0) is 21.7. The van der Waals surface area contributed by atoms with Gasteiger partial charge in [0.05, 0.1) is 30.3 Å². The van der Waals surface area contributed by atoms with Crippen LogP contribution in [0.4, 0.5) is 17.6 Å². The highest BCUT2D eigenvalue weighted by atomic mass is 19.4. The number of guanidine groups is 1. The standard InChI is InChI=1S/C21H20F4N4O/c1-27-20(28-12-16-9-14(11-26)5-6-18(16)22)29-7-8-30-19(13-29)15-3-2-4-17(10-15)21(23,24)25/h2-6,9-10,19H,7-8,12-13H2,1H3,(H,27,28). The van der Waals surface area contributed by atoms with E-state index in [9.17, 15) is 17.6 Å². The Morgan fingerprint density at radius 2 is 2.10 bits per heavy atom. The van der Waals surface area contributed by atoms with E-state index < -0.39 is 23.7 Å². The Kier molecular flexibility index (Phi) is 6.57. The molecule has 0 radical (unpaired) electrons. The third kappa shape index (κ3) is 5.07. The van der Waals surface area contributed by atoms with Gasteiger partial charge in [-0.25, -0.2) is 4.39 Å². The number of ether oxygens (including phenoxy) is 1. The summed E-state index contributed by atoms with van der Waals surface area (Å²) in [5.74, 6) is 0.0257. The van der Waals surface area contributed by atoms with Crippen LogP contribution in [0.3, 0.4) is 0 Å². The van der Waals surface area contributed by atoms with Crippen molar-refractivity contribution in [1.82, 2.24) is 10.2 Å². The lowest BCUT2D eigenvalue weighted by Crippen LogP contribution is -2.48. The molecule has 30 heavy (non-hydrogen) atoms. The Labute approximate surface area is 171 Å². The molecule has 1 aliphatic rings. The lowest BCUT2D eigenvalue weighted by atomic mass is 10.0. The molecule has 5 nitrogen and oxygen atoms in total. The smallest absolute Gasteiger partial charge is 0.370 e. The maximum absolute atomic E-state index is 14.0. The Balaban J connectivity index is 1.70. The van der Waals surface area contributed by atoms with Crippen LogP contribution in [0.5, 0.6) is 0 Å². The lowest BCUT2D eigenvalue weighted by molar-refractivity contribution is -0.137. The number of nitrogens with zero attached hydrogens (tertiary/aromatic N) is 3. The molecule has 1 atom stereocenters. The molecular formula is C21H20F4N4O. The summed E-state index contributed by atoms with van der Waals surface area (Å²) in [6.45, 7) is 1.19. The number of rotatable bonds is 3. The van der Waals surface area contributed by atoms with Crippen LogP contribution in [-0.4, -0.2) is 37.6 Å². The predicted molar refractivity (Wildman–Crippen MR) is 103 cm³/mol. The van der Waals surface area contributed by atoms with Crippen molar-refractivity contribution in [3.8, 4) is 6.07 Å². The summed E-state index contributed by atoms with van der Waals surface area (Å²) in [6, 6.07) is 11.1. The average molecular weight is 420 g/mol. The van der Waals surface area contributed by atoms with E-state index in [4.69, 9.17) is 10.00 Å². The Bertz CT molecular complexity index is 968. The van der Waals surface area contributed by atoms with Crippen molar-refractivity contribution in [2.24, 2.45) is 4.99 Å². The summed E-state index contributed by atoms with van der Waals surface area (Å²) in [5.41, 5.74) is 0.367. The molecule has 0 amide bonds. The molecule has 3 rings (SSSR count). The van der Waals surface area contributed by atoms with Crippen LogP contribution in [0.25, 0.3) is 0 Å². The maximum Gasteiger partial charge on any atom is 0.416 e. The van der Waals surface area contributed by atoms with E-state index in [1.165, 1.54) is 24.3 Å². The van der Waals surface area contributed by atoms with Crippen molar-refractivity contribution >= 4 is 5.96 Å². The zero-order valence-electron chi connectivity index (χ0n) is 16.2. The number of halogens is 4. The van der Waals surface area contributed by atoms with Gasteiger partial charge in [0.1, 0.15) is 11.9 Å². The molecule has 158 valence electrons. The minimum Gasteiger partial charge on any atom is -0.370 e. The van der Waals surface area contributed by atoms with Crippen molar-refractivity contribution in [2.45, 2.75) is 18.8 Å². The van der Waals surface area contributed by atoms with Gasteiger partial charge in [0.2, 0.25) is 0 Å². The van der Waals surface area contributed by atoms with Crippen molar-refractivity contribution in [1.29, 1.82) is 5.26 Å². The fourth-order valence-corrected chi connectivity index (χ4v) is 3.24. The van der Waals surface area contributed by atoms with Gasteiger partial charge >= 0.3 is 6.18 Å². The van der Waals surface area contributed by atoms with Gasteiger partial charge in [0.25, 0.3) is 0 Å². The molecule has 1 N–H and O–H groups in total. The number of morpholine rings is 1. The van der Waals surface area contributed by atoms with Crippen LogP contribution in [-0.2, 0) is 17.5 Å². The molecule has 2 aromatic carbocycles. The molecule has 0 aromatic heterocycles. The van der Waals surface area contributed by atoms with Crippen molar-refractivity contribution in [3.05, 3.63) is 70.5 Å². The minimum absolute atomic E-state index is 0.111. The van der Waals surface area contributed by atoms with E-state index in [1.807, 2.05) is 11.0 Å². The van der Waals surface area contributed by atoms with Crippen molar-refractivity contribution in [2.75, 3.05) is 26.7 Å². The summed E-state index contributed by atoms with van der Waals surface area (Å²) in [5, 5.41) is 12.0. The Morgan fingerprint density at radius 3 is 2.80 bits per heavy atom. The van der Waals surface area contributed by atoms with Gasteiger partial charge in [-0.3, -0.25) is 4.99 Å². The summed E-state index contributed by atoms with van der Waals surface area (Å²) < 4.78 is 58.7. The molecule has 1 unspecified atom stereocenters. The first-order valence-electron chi connectivity index (χ1n) is 9.24. The fraction of sp³-hybridized carbons (Fsp3) is 0.333. The molecule has 1 heterocycles. The SMILES string of the molecule is CN=C(NCc1cc(C#N)ccc1F)N1CCOC(c2cccc(C(F)(F)F)c2)C1. The summed E-state index contributed by atoms with van der Waals surface area (Å²) in [4.78, 5) is 6.04. The second-order valence-electron chi connectivity index (χ2n) is 6.75. The number of hydrogen-bond donors (Lipinski definition) is 1. The quantitative estimate of drug-likeness (QED) is 0.465. The van der Waals surface area contributed by atoms with Crippen molar-refractivity contribution < 1.29 is 22.3 Å². The van der Waals surface area contributed by atoms with E-state index in [2.05, 4.69) is 10.3 Å². The third-order valence-corrected chi connectivity index (χ3v) is 4.78. The number of nitrogens with one attached hydrogen (secondary N) is 1. The number of nitriles is 1. The summed E-state index contributed by atoms with van der Waals surface area (Å²) >= 11 is 0. The molecule has 1 aliphatic heterocycles. The van der Waals surface area contributed by atoms with E-state index in [0.29, 0.717) is 42.3 Å². The first-order valence-corrected chi connectivity index (χ1v) is 9.24. The highest BCUT2D eigenvalue weighted by molar-refractivity contribution is 5.80. The number of benzene rings is 2. The first-order chi connectivity index (χ1) is 14.3. The van der Waals surface area contributed by atoms with Crippen LogP contribution >= 0.6 is 0 Å². The maximum atomic E-state index is 14.0. The van der Waals surface area contributed by atoms with Gasteiger partial charge in [0.15, 0.2) is 5.96 Å². The second kappa shape index (κ2) is 9.13. The summed E-state index contributed by atoms with van der Waals surface area (Å²) in [7, 11) is 1.57. The van der Waals surface area contributed by atoms with Gasteiger partial charge in [-0.2, -0.15) is 18.4 Å². The van der Waals surface area contributed by atoms with Crippen LogP contribution in [0.15, 0.2) is 47.5 Å². The predicted octanol–water partition coefficient (Wildman–Crippen LogP) is 3.87.